The highest BCUT2D eigenvalue weighted by molar-refractivity contribution is 6.09. The molecule has 0 aliphatic heterocycles. The molecule has 0 unspecified atom stereocenters. The van der Waals surface area contributed by atoms with E-state index in [9.17, 15) is 0 Å². The van der Waals surface area contributed by atoms with Crippen molar-refractivity contribution in [3.63, 3.8) is 0 Å². The minimum absolute atomic E-state index is 0.985. The van der Waals surface area contributed by atoms with E-state index in [1.54, 1.807) is 0 Å². The lowest BCUT2D eigenvalue weighted by Gasteiger charge is -2.21. The van der Waals surface area contributed by atoms with Crippen molar-refractivity contribution in [3.8, 4) is 33.6 Å². The van der Waals surface area contributed by atoms with Crippen LogP contribution in [0.2, 0.25) is 0 Å². The third kappa shape index (κ3) is 3.70. The Labute approximate surface area is 256 Å². The first kappa shape index (κ1) is 24.8. The Bertz CT molecular complexity index is 2260. The molecule has 2 aromatic heterocycles. The van der Waals surface area contributed by atoms with Crippen molar-refractivity contribution in [1.82, 2.24) is 9.13 Å². The van der Waals surface area contributed by atoms with Crippen LogP contribution in [0.1, 0.15) is 17.7 Å². The second-order valence-corrected chi connectivity index (χ2v) is 11.5. The third-order valence-electron chi connectivity index (χ3n) is 9.05. The molecule has 8 aromatic rings. The van der Waals surface area contributed by atoms with E-state index in [0.29, 0.717) is 0 Å². The average Bonchev–Trinajstić information content (AvgIpc) is 3.61. The predicted octanol–water partition coefficient (Wildman–Crippen LogP) is 10.6. The fourth-order valence-electron chi connectivity index (χ4n) is 7.17. The summed E-state index contributed by atoms with van der Waals surface area (Å²) in [4.78, 5) is 0. The first-order chi connectivity index (χ1) is 21.9. The van der Waals surface area contributed by atoms with Gasteiger partial charge >= 0.3 is 0 Å². The quantitative estimate of drug-likeness (QED) is 0.203. The van der Waals surface area contributed by atoms with Crippen molar-refractivity contribution in [3.05, 3.63) is 163 Å². The Morgan fingerprint density at radius 1 is 0.568 bits per heavy atom. The number of nitrogens with zero attached hydrogens (tertiary/aromatic N) is 2. The molecule has 0 fully saturated rings. The van der Waals surface area contributed by atoms with E-state index in [-0.39, 0.29) is 0 Å². The summed E-state index contributed by atoms with van der Waals surface area (Å²) < 4.78 is 4.95. The zero-order valence-electron chi connectivity index (χ0n) is 24.2. The van der Waals surface area contributed by atoms with Crippen molar-refractivity contribution in [2.24, 2.45) is 0 Å². The maximum absolute atomic E-state index is 3.40. The highest BCUT2D eigenvalue weighted by Crippen LogP contribution is 2.42. The third-order valence-corrected chi connectivity index (χ3v) is 9.05. The van der Waals surface area contributed by atoms with Crippen molar-refractivity contribution in [2.45, 2.75) is 12.8 Å². The van der Waals surface area contributed by atoms with Gasteiger partial charge in [-0.25, -0.2) is 0 Å². The molecule has 0 bridgehead atoms. The monoisotopic (exact) mass is 560 g/mol. The van der Waals surface area contributed by atoms with Crippen molar-refractivity contribution in [1.29, 1.82) is 0 Å². The van der Waals surface area contributed by atoms with Gasteiger partial charge in [-0.2, -0.15) is 0 Å². The second kappa shape index (κ2) is 9.90. The van der Waals surface area contributed by atoms with Crippen LogP contribution in [0.4, 0.5) is 0 Å². The maximum Gasteiger partial charge on any atom is 0.0622 e. The molecule has 1 aliphatic rings. The Hall–Kier alpha value is -5.78. The molecule has 44 heavy (non-hydrogen) atoms. The molecule has 9 rings (SSSR count). The molecule has 0 radical (unpaired) electrons. The van der Waals surface area contributed by atoms with Crippen LogP contribution >= 0.6 is 0 Å². The molecule has 2 heteroatoms. The van der Waals surface area contributed by atoms with Gasteiger partial charge in [-0.3, -0.25) is 0 Å². The second-order valence-electron chi connectivity index (χ2n) is 11.5. The van der Waals surface area contributed by atoms with Crippen molar-refractivity contribution < 1.29 is 0 Å². The van der Waals surface area contributed by atoms with Gasteiger partial charge < -0.3 is 9.13 Å². The lowest BCUT2D eigenvalue weighted by atomic mass is 9.95. The van der Waals surface area contributed by atoms with Crippen molar-refractivity contribution in [2.75, 3.05) is 0 Å². The van der Waals surface area contributed by atoms with Gasteiger partial charge in [-0.05, 0) is 60.9 Å². The van der Waals surface area contributed by atoms with E-state index in [0.717, 1.165) is 24.0 Å². The highest BCUT2D eigenvalue weighted by atomic mass is 15.0. The molecule has 2 heterocycles. The van der Waals surface area contributed by atoms with Crippen LogP contribution in [0.15, 0.2) is 140 Å². The van der Waals surface area contributed by atoms with Gasteiger partial charge in [0.15, 0.2) is 0 Å². The zero-order valence-corrected chi connectivity index (χ0v) is 24.2. The fraction of sp³-hybridized carbons (Fsp3) is 0.0476. The largest absolute Gasteiger partial charge is 0.312 e. The number of hydrogen-bond acceptors (Lipinski definition) is 0. The first-order valence-corrected chi connectivity index (χ1v) is 15.3. The van der Waals surface area contributed by atoms with E-state index < -0.39 is 0 Å². The van der Waals surface area contributed by atoms with Crippen LogP contribution in [0.5, 0.6) is 0 Å². The van der Waals surface area contributed by atoms with Crippen molar-refractivity contribution >= 4 is 38.8 Å². The van der Waals surface area contributed by atoms with E-state index >= 15 is 0 Å². The number of para-hydroxylation sites is 3. The van der Waals surface area contributed by atoms with Crippen LogP contribution in [-0.2, 0) is 6.42 Å². The number of aromatic nitrogens is 2. The van der Waals surface area contributed by atoms with Gasteiger partial charge in [0.25, 0.3) is 0 Å². The van der Waals surface area contributed by atoms with Crippen LogP contribution in [0.3, 0.4) is 0 Å². The lowest BCUT2D eigenvalue weighted by Crippen LogP contribution is -2.06. The van der Waals surface area contributed by atoms with Crippen LogP contribution < -0.4 is 0 Å². The first-order valence-electron chi connectivity index (χ1n) is 15.3. The van der Waals surface area contributed by atoms with E-state index in [4.69, 9.17) is 0 Å². The molecule has 206 valence electrons. The van der Waals surface area contributed by atoms with Crippen LogP contribution in [-0.4, -0.2) is 9.13 Å². The van der Waals surface area contributed by atoms with E-state index in [1.165, 1.54) is 66.5 Å². The maximum atomic E-state index is 3.40. The number of rotatable bonds is 4. The smallest absolute Gasteiger partial charge is 0.0622 e. The van der Waals surface area contributed by atoms with Gasteiger partial charge in [0.1, 0.15) is 0 Å². The molecule has 0 saturated carbocycles. The fourth-order valence-corrected chi connectivity index (χ4v) is 7.17. The summed E-state index contributed by atoms with van der Waals surface area (Å²) in [5, 5.41) is 3.83. The molecule has 6 aromatic carbocycles. The SMILES string of the molecule is c1cccc(-c2cccc(-c3ccccc3)c2-n2c3c(c4cc(-n5c6ccccc6c6ccccc65)ccc42)C=CCC3)c#1. The minimum atomic E-state index is 0.985. The molecular formula is C42H28N2. The number of hydrogen-bond donors (Lipinski definition) is 0. The van der Waals surface area contributed by atoms with Crippen LogP contribution in [0.25, 0.3) is 72.4 Å². The molecular weight excluding hydrogens is 532 g/mol. The van der Waals surface area contributed by atoms with E-state index in [2.05, 4.69) is 161 Å². The predicted molar refractivity (Wildman–Crippen MR) is 184 cm³/mol. The lowest BCUT2D eigenvalue weighted by molar-refractivity contribution is 0.890. The van der Waals surface area contributed by atoms with E-state index in [1.807, 2.05) is 6.07 Å². The van der Waals surface area contributed by atoms with Gasteiger partial charge in [-0.1, -0.05) is 115 Å². The molecule has 0 spiro atoms. The Morgan fingerprint density at radius 2 is 1.30 bits per heavy atom. The van der Waals surface area contributed by atoms with Gasteiger partial charge in [-0.15, -0.1) is 0 Å². The molecule has 0 N–H and O–H groups in total. The number of allylic oxidation sites excluding steroid dienone is 1. The zero-order chi connectivity index (χ0) is 29.0. The number of fused-ring (bicyclic) bond motifs is 6. The Balaban J connectivity index is 1.37. The standard InChI is InChI=1S/C42H28N2/c1-3-14-29(15-4-1)32-21-13-22-33(30-16-5-2-6-17-30)42(32)44-40-25-12-9-20-36(40)37-28-31(26-27-41(37)44)43-38-23-10-7-18-34(38)35-19-8-11-24-39(35)43/h1-5,7-11,13-16,18-24,26-28H,12,25H2. The summed E-state index contributed by atoms with van der Waals surface area (Å²) in [5.74, 6) is 0. The summed E-state index contributed by atoms with van der Waals surface area (Å²) >= 11 is 0. The van der Waals surface area contributed by atoms with Gasteiger partial charge in [0.2, 0.25) is 0 Å². The van der Waals surface area contributed by atoms with Gasteiger partial charge in [0, 0.05) is 49.8 Å². The summed E-state index contributed by atoms with van der Waals surface area (Å²) in [6.45, 7) is 0. The summed E-state index contributed by atoms with van der Waals surface area (Å²) in [6, 6.07) is 54.6. The molecule has 0 atom stereocenters. The normalized spacial score (nSPS) is 12.5. The summed E-state index contributed by atoms with van der Waals surface area (Å²) in [5.41, 5.74) is 13.3. The molecule has 0 saturated heterocycles. The highest BCUT2D eigenvalue weighted by Gasteiger charge is 2.24. The average molecular weight is 561 g/mol. The molecule has 2 nitrogen and oxygen atoms in total. The molecule has 0 amide bonds. The minimum Gasteiger partial charge on any atom is -0.312 e. The molecule has 1 aliphatic carbocycles. The Morgan fingerprint density at radius 3 is 2.07 bits per heavy atom. The number of benzene rings is 5. The Kier molecular flexibility index (Phi) is 5.58. The van der Waals surface area contributed by atoms with Gasteiger partial charge in [0.05, 0.1) is 22.2 Å². The summed E-state index contributed by atoms with van der Waals surface area (Å²) in [7, 11) is 0. The topological polar surface area (TPSA) is 9.86 Å². The van der Waals surface area contributed by atoms with Crippen LogP contribution in [0, 0.1) is 12.1 Å². The summed E-state index contributed by atoms with van der Waals surface area (Å²) in [6.07, 6.45) is 6.67.